The normalized spacial score (nSPS) is 16.9. The summed E-state index contributed by atoms with van der Waals surface area (Å²) < 4.78 is 34.4. The molecule has 2 aromatic carbocycles. The van der Waals surface area contributed by atoms with Gasteiger partial charge in [-0.2, -0.15) is 0 Å². The van der Waals surface area contributed by atoms with Crippen LogP contribution in [-0.4, -0.2) is 33.6 Å². The molecular formula is C19H21BrN2O4S. The molecule has 1 fully saturated rings. The summed E-state index contributed by atoms with van der Waals surface area (Å²) in [5.41, 5.74) is 1.12. The molecule has 0 radical (unpaired) electrons. The number of halogens is 1. The van der Waals surface area contributed by atoms with Crippen LogP contribution >= 0.6 is 15.9 Å². The van der Waals surface area contributed by atoms with Gasteiger partial charge >= 0.3 is 0 Å². The molecule has 2 aromatic rings. The average Bonchev–Trinajstić information content (AvgIpc) is 3.15. The fraction of sp³-hybridized carbons (Fsp3) is 0.316. The minimum Gasteiger partial charge on any atom is -0.376 e. The van der Waals surface area contributed by atoms with E-state index in [0.717, 1.165) is 12.8 Å². The standard InChI is InChI=1S/C19H21BrN2O4S/c1-13-8-9-14(20)11-18(13)27(24,25)22-17-7-3-2-6-16(17)19(23)21-12-15-5-4-10-26-15/h2-3,6-9,11,15,22H,4-5,10,12H2,1H3,(H,21,23)/t15-/m1/s1. The van der Waals surface area contributed by atoms with E-state index in [1.165, 1.54) is 6.07 Å². The Morgan fingerprint density at radius 1 is 1.26 bits per heavy atom. The highest BCUT2D eigenvalue weighted by molar-refractivity contribution is 9.10. The number of para-hydroxylation sites is 1. The summed E-state index contributed by atoms with van der Waals surface area (Å²) in [6.45, 7) is 2.84. The van der Waals surface area contributed by atoms with Gasteiger partial charge in [0.15, 0.2) is 0 Å². The molecule has 0 aliphatic carbocycles. The maximum Gasteiger partial charge on any atom is 0.262 e. The zero-order valence-electron chi connectivity index (χ0n) is 14.9. The van der Waals surface area contributed by atoms with Crippen molar-refractivity contribution in [2.45, 2.75) is 30.8 Å². The van der Waals surface area contributed by atoms with Gasteiger partial charge in [-0.3, -0.25) is 9.52 Å². The predicted octanol–water partition coefficient (Wildman–Crippen LogP) is 3.47. The average molecular weight is 453 g/mol. The van der Waals surface area contributed by atoms with Gasteiger partial charge in [-0.1, -0.05) is 34.1 Å². The van der Waals surface area contributed by atoms with Crippen molar-refractivity contribution in [3.63, 3.8) is 0 Å². The number of nitrogens with one attached hydrogen (secondary N) is 2. The van der Waals surface area contributed by atoms with Crippen molar-refractivity contribution in [1.29, 1.82) is 0 Å². The van der Waals surface area contributed by atoms with Gasteiger partial charge < -0.3 is 10.1 Å². The van der Waals surface area contributed by atoms with Crippen molar-refractivity contribution >= 4 is 37.5 Å². The summed E-state index contributed by atoms with van der Waals surface area (Å²) in [6.07, 6.45) is 1.92. The Morgan fingerprint density at radius 2 is 2.04 bits per heavy atom. The minimum atomic E-state index is -3.84. The molecular weight excluding hydrogens is 432 g/mol. The van der Waals surface area contributed by atoms with Crippen LogP contribution in [0, 0.1) is 6.92 Å². The number of carbonyl (C=O) groups excluding carboxylic acids is 1. The van der Waals surface area contributed by atoms with Crippen molar-refractivity contribution < 1.29 is 17.9 Å². The third-order valence-corrected chi connectivity index (χ3v) is 6.37. The van der Waals surface area contributed by atoms with Crippen LogP contribution in [0.4, 0.5) is 5.69 Å². The Kier molecular flexibility index (Phi) is 6.18. The molecule has 1 saturated heterocycles. The van der Waals surface area contributed by atoms with Crippen LogP contribution in [-0.2, 0) is 14.8 Å². The topological polar surface area (TPSA) is 84.5 Å². The first-order chi connectivity index (χ1) is 12.9. The molecule has 1 aliphatic heterocycles. The summed E-state index contributed by atoms with van der Waals surface area (Å²) in [5, 5.41) is 2.82. The second kappa shape index (κ2) is 8.41. The Hall–Kier alpha value is -1.90. The molecule has 144 valence electrons. The van der Waals surface area contributed by atoms with Gasteiger partial charge in [0.25, 0.3) is 15.9 Å². The molecule has 1 heterocycles. The fourth-order valence-electron chi connectivity index (χ4n) is 2.94. The van der Waals surface area contributed by atoms with E-state index in [1.54, 1.807) is 43.3 Å². The molecule has 3 rings (SSSR count). The van der Waals surface area contributed by atoms with E-state index in [4.69, 9.17) is 4.74 Å². The number of rotatable bonds is 6. The Morgan fingerprint density at radius 3 is 2.78 bits per heavy atom. The summed E-state index contributed by atoms with van der Waals surface area (Å²) in [6, 6.07) is 11.6. The van der Waals surface area contributed by atoms with Gasteiger partial charge in [0.2, 0.25) is 0 Å². The van der Waals surface area contributed by atoms with Gasteiger partial charge in [-0.15, -0.1) is 0 Å². The highest BCUT2D eigenvalue weighted by Gasteiger charge is 2.22. The van der Waals surface area contributed by atoms with E-state index < -0.39 is 10.0 Å². The van der Waals surface area contributed by atoms with Gasteiger partial charge in [0.05, 0.1) is 22.3 Å². The second-order valence-corrected chi connectivity index (χ2v) is 8.97. The van der Waals surface area contributed by atoms with E-state index in [-0.39, 0.29) is 28.2 Å². The lowest BCUT2D eigenvalue weighted by Crippen LogP contribution is -2.32. The number of hydrogen-bond acceptors (Lipinski definition) is 4. The smallest absolute Gasteiger partial charge is 0.262 e. The maximum atomic E-state index is 12.8. The molecule has 0 spiro atoms. The van der Waals surface area contributed by atoms with Crippen molar-refractivity contribution in [2.24, 2.45) is 0 Å². The van der Waals surface area contributed by atoms with E-state index in [9.17, 15) is 13.2 Å². The summed E-state index contributed by atoms with van der Waals surface area (Å²) in [4.78, 5) is 12.7. The van der Waals surface area contributed by atoms with Crippen LogP contribution < -0.4 is 10.0 Å². The molecule has 27 heavy (non-hydrogen) atoms. The van der Waals surface area contributed by atoms with Crippen LogP contribution in [0.5, 0.6) is 0 Å². The number of hydrogen-bond donors (Lipinski definition) is 2. The number of amides is 1. The zero-order chi connectivity index (χ0) is 19.4. The van der Waals surface area contributed by atoms with Crippen molar-refractivity contribution in [3.05, 3.63) is 58.1 Å². The number of aryl methyl sites for hydroxylation is 1. The largest absolute Gasteiger partial charge is 0.376 e. The molecule has 0 aromatic heterocycles. The highest BCUT2D eigenvalue weighted by Crippen LogP contribution is 2.25. The molecule has 0 unspecified atom stereocenters. The first kappa shape index (κ1) is 19.9. The second-order valence-electron chi connectivity index (χ2n) is 6.41. The lowest BCUT2D eigenvalue weighted by atomic mass is 10.1. The SMILES string of the molecule is Cc1ccc(Br)cc1S(=O)(=O)Nc1ccccc1C(=O)NC[C@H]1CCCO1. The molecule has 1 aliphatic rings. The van der Waals surface area contributed by atoms with Crippen molar-refractivity contribution in [2.75, 3.05) is 17.9 Å². The Bertz CT molecular complexity index is 940. The summed E-state index contributed by atoms with van der Waals surface area (Å²) >= 11 is 3.30. The Labute approximate surface area is 167 Å². The number of anilines is 1. The van der Waals surface area contributed by atoms with E-state index in [1.807, 2.05) is 0 Å². The monoisotopic (exact) mass is 452 g/mol. The van der Waals surface area contributed by atoms with Gasteiger partial charge in [-0.05, 0) is 49.6 Å². The third kappa shape index (κ3) is 4.88. The quantitative estimate of drug-likeness (QED) is 0.702. The molecule has 6 nitrogen and oxygen atoms in total. The molecule has 8 heteroatoms. The number of sulfonamides is 1. The lowest BCUT2D eigenvalue weighted by Gasteiger charge is -2.15. The molecule has 1 atom stereocenters. The zero-order valence-corrected chi connectivity index (χ0v) is 17.3. The van der Waals surface area contributed by atoms with Gasteiger partial charge in [0.1, 0.15) is 0 Å². The molecule has 0 saturated carbocycles. The van der Waals surface area contributed by atoms with Crippen molar-refractivity contribution in [3.8, 4) is 0 Å². The van der Waals surface area contributed by atoms with Crippen LogP contribution in [0.25, 0.3) is 0 Å². The van der Waals surface area contributed by atoms with E-state index in [2.05, 4.69) is 26.0 Å². The number of carbonyl (C=O) groups is 1. The van der Waals surface area contributed by atoms with Crippen LogP contribution in [0.15, 0.2) is 51.8 Å². The number of benzene rings is 2. The molecule has 1 amide bonds. The van der Waals surface area contributed by atoms with E-state index in [0.29, 0.717) is 23.2 Å². The van der Waals surface area contributed by atoms with Crippen molar-refractivity contribution in [1.82, 2.24) is 5.32 Å². The summed E-state index contributed by atoms with van der Waals surface area (Å²) in [5.74, 6) is -0.338. The molecule has 0 bridgehead atoms. The third-order valence-electron chi connectivity index (χ3n) is 4.37. The van der Waals surface area contributed by atoms with Crippen LogP contribution in [0.1, 0.15) is 28.8 Å². The predicted molar refractivity (Wildman–Crippen MR) is 107 cm³/mol. The first-order valence-corrected chi connectivity index (χ1v) is 10.9. The first-order valence-electron chi connectivity index (χ1n) is 8.64. The lowest BCUT2D eigenvalue weighted by molar-refractivity contribution is 0.0858. The highest BCUT2D eigenvalue weighted by atomic mass is 79.9. The minimum absolute atomic E-state index is 0.0159. The van der Waals surface area contributed by atoms with Gasteiger partial charge in [0, 0.05) is 17.6 Å². The molecule has 2 N–H and O–H groups in total. The Balaban J connectivity index is 1.80. The van der Waals surface area contributed by atoms with E-state index >= 15 is 0 Å². The van der Waals surface area contributed by atoms with Gasteiger partial charge in [-0.25, -0.2) is 8.42 Å². The fourth-order valence-corrected chi connectivity index (χ4v) is 4.80. The summed E-state index contributed by atoms with van der Waals surface area (Å²) in [7, 11) is -3.84. The van der Waals surface area contributed by atoms with Crippen LogP contribution in [0.3, 0.4) is 0 Å². The maximum absolute atomic E-state index is 12.8. The number of ether oxygens (including phenoxy) is 1. The van der Waals surface area contributed by atoms with Crippen LogP contribution in [0.2, 0.25) is 0 Å².